The van der Waals surface area contributed by atoms with Crippen molar-refractivity contribution < 1.29 is 9.47 Å². The van der Waals surface area contributed by atoms with Gasteiger partial charge >= 0.3 is 0 Å². The zero-order valence-electron chi connectivity index (χ0n) is 15.4. The summed E-state index contributed by atoms with van der Waals surface area (Å²) in [4.78, 5) is 8.34. The molecule has 0 bridgehead atoms. The van der Waals surface area contributed by atoms with E-state index in [2.05, 4.69) is 35.2 Å². The predicted octanol–water partition coefficient (Wildman–Crippen LogP) is 3.99. The number of benzene rings is 1. The van der Waals surface area contributed by atoms with Gasteiger partial charge in [0.05, 0.1) is 18.8 Å². The lowest BCUT2D eigenvalue weighted by molar-refractivity contribution is 0.202. The molecule has 136 valence electrons. The van der Waals surface area contributed by atoms with Gasteiger partial charge in [0.1, 0.15) is 29.5 Å². The third-order valence-electron chi connectivity index (χ3n) is 4.27. The minimum atomic E-state index is 0.527. The average molecular weight is 364 g/mol. The van der Waals surface area contributed by atoms with Crippen LogP contribution >= 0.6 is 11.6 Å². The molecule has 0 fully saturated rings. The molecule has 0 saturated carbocycles. The third kappa shape index (κ3) is 5.06. The van der Waals surface area contributed by atoms with Crippen LogP contribution in [0.15, 0.2) is 18.5 Å². The SMILES string of the molecule is CCc1ncnc(NCCOc2ccc(CCOC)c(C)c2C)c1Cl. The van der Waals surface area contributed by atoms with Gasteiger partial charge in [-0.2, -0.15) is 0 Å². The van der Waals surface area contributed by atoms with E-state index in [1.165, 1.54) is 23.0 Å². The van der Waals surface area contributed by atoms with E-state index in [1.54, 1.807) is 7.11 Å². The Hall–Kier alpha value is -1.85. The van der Waals surface area contributed by atoms with Gasteiger partial charge in [-0.05, 0) is 49.4 Å². The lowest BCUT2D eigenvalue weighted by Gasteiger charge is -2.15. The van der Waals surface area contributed by atoms with Gasteiger partial charge in [0, 0.05) is 7.11 Å². The van der Waals surface area contributed by atoms with Crippen LogP contribution in [-0.4, -0.2) is 36.8 Å². The van der Waals surface area contributed by atoms with E-state index < -0.39 is 0 Å². The number of ether oxygens (including phenoxy) is 2. The minimum Gasteiger partial charge on any atom is -0.491 e. The summed E-state index contributed by atoms with van der Waals surface area (Å²) in [6.45, 7) is 8.09. The molecule has 1 aromatic carbocycles. The molecule has 0 spiro atoms. The van der Waals surface area contributed by atoms with Crippen LogP contribution in [0.2, 0.25) is 5.02 Å². The number of aryl methyl sites for hydroxylation is 1. The molecule has 0 aliphatic heterocycles. The van der Waals surface area contributed by atoms with Crippen molar-refractivity contribution in [3.8, 4) is 5.75 Å². The topological polar surface area (TPSA) is 56.3 Å². The zero-order valence-corrected chi connectivity index (χ0v) is 16.1. The minimum absolute atomic E-state index is 0.527. The van der Waals surface area contributed by atoms with Crippen molar-refractivity contribution in [2.75, 3.05) is 32.2 Å². The largest absolute Gasteiger partial charge is 0.491 e. The first-order valence-electron chi connectivity index (χ1n) is 8.52. The van der Waals surface area contributed by atoms with E-state index in [4.69, 9.17) is 21.1 Å². The lowest BCUT2D eigenvalue weighted by atomic mass is 10.0. The Balaban J connectivity index is 1.91. The van der Waals surface area contributed by atoms with Crippen LogP contribution in [0.25, 0.3) is 0 Å². The van der Waals surface area contributed by atoms with Gasteiger partial charge in [0.2, 0.25) is 0 Å². The maximum absolute atomic E-state index is 6.27. The lowest BCUT2D eigenvalue weighted by Crippen LogP contribution is -2.14. The van der Waals surface area contributed by atoms with Crippen LogP contribution in [0.4, 0.5) is 5.82 Å². The smallest absolute Gasteiger partial charge is 0.148 e. The van der Waals surface area contributed by atoms with E-state index in [0.29, 0.717) is 24.0 Å². The van der Waals surface area contributed by atoms with Gasteiger partial charge < -0.3 is 14.8 Å². The van der Waals surface area contributed by atoms with Crippen LogP contribution in [0.3, 0.4) is 0 Å². The zero-order chi connectivity index (χ0) is 18.2. The molecule has 2 aromatic rings. The Labute approximate surface area is 154 Å². The van der Waals surface area contributed by atoms with Crippen LogP contribution in [0, 0.1) is 13.8 Å². The van der Waals surface area contributed by atoms with Crippen molar-refractivity contribution in [1.82, 2.24) is 9.97 Å². The van der Waals surface area contributed by atoms with Gasteiger partial charge in [-0.25, -0.2) is 9.97 Å². The molecule has 1 aromatic heterocycles. The number of rotatable bonds is 9. The fraction of sp³-hybridized carbons (Fsp3) is 0.474. The molecule has 0 unspecified atom stereocenters. The van der Waals surface area contributed by atoms with E-state index in [-0.39, 0.29) is 0 Å². The highest BCUT2D eigenvalue weighted by Crippen LogP contribution is 2.25. The van der Waals surface area contributed by atoms with Crippen molar-refractivity contribution in [1.29, 1.82) is 0 Å². The second kappa shape index (κ2) is 9.59. The highest BCUT2D eigenvalue weighted by molar-refractivity contribution is 6.33. The molecule has 5 nitrogen and oxygen atoms in total. The summed E-state index contributed by atoms with van der Waals surface area (Å²) < 4.78 is 11.1. The summed E-state index contributed by atoms with van der Waals surface area (Å²) in [5, 5.41) is 3.79. The third-order valence-corrected chi connectivity index (χ3v) is 4.67. The molecule has 0 aliphatic carbocycles. The van der Waals surface area contributed by atoms with Crippen LogP contribution in [-0.2, 0) is 17.6 Å². The molecule has 0 saturated heterocycles. The van der Waals surface area contributed by atoms with E-state index in [0.717, 1.165) is 30.9 Å². The second-order valence-electron chi connectivity index (χ2n) is 5.83. The van der Waals surface area contributed by atoms with Crippen molar-refractivity contribution in [2.45, 2.75) is 33.6 Å². The number of halogens is 1. The quantitative estimate of drug-likeness (QED) is 0.683. The molecule has 0 aliphatic rings. The Morgan fingerprint density at radius 1 is 1.12 bits per heavy atom. The molecule has 1 N–H and O–H groups in total. The summed E-state index contributed by atoms with van der Waals surface area (Å²) in [7, 11) is 1.72. The van der Waals surface area contributed by atoms with Gasteiger partial charge in [-0.15, -0.1) is 0 Å². The summed E-state index contributed by atoms with van der Waals surface area (Å²) in [6.07, 6.45) is 3.22. The number of methoxy groups -OCH3 is 1. The van der Waals surface area contributed by atoms with Crippen LogP contribution in [0.5, 0.6) is 5.75 Å². The van der Waals surface area contributed by atoms with Crippen LogP contribution < -0.4 is 10.1 Å². The normalized spacial score (nSPS) is 10.8. The fourth-order valence-corrected chi connectivity index (χ4v) is 2.90. The molecule has 0 atom stereocenters. The molecule has 1 heterocycles. The van der Waals surface area contributed by atoms with E-state index in [9.17, 15) is 0 Å². The molecule has 6 heteroatoms. The number of aromatic nitrogens is 2. The fourth-order valence-electron chi connectivity index (χ4n) is 2.60. The summed E-state index contributed by atoms with van der Waals surface area (Å²) in [5.41, 5.74) is 4.57. The van der Waals surface area contributed by atoms with Crippen molar-refractivity contribution in [3.05, 3.63) is 45.9 Å². The predicted molar refractivity (Wildman–Crippen MR) is 102 cm³/mol. The molecule has 2 rings (SSSR count). The van der Waals surface area contributed by atoms with E-state index in [1.807, 2.05) is 13.0 Å². The Kier molecular flexibility index (Phi) is 7.47. The maximum Gasteiger partial charge on any atom is 0.148 e. The van der Waals surface area contributed by atoms with Gasteiger partial charge in [0.25, 0.3) is 0 Å². The highest BCUT2D eigenvalue weighted by atomic mass is 35.5. The number of hydrogen-bond donors (Lipinski definition) is 1. The molecule has 0 radical (unpaired) electrons. The molecular formula is C19H26ClN3O2. The monoisotopic (exact) mass is 363 g/mol. The average Bonchev–Trinajstić information content (AvgIpc) is 2.62. The Morgan fingerprint density at radius 2 is 1.92 bits per heavy atom. The highest BCUT2D eigenvalue weighted by Gasteiger charge is 2.09. The first kappa shape index (κ1) is 19.5. The standard InChI is InChI=1S/C19H26ClN3O2/c1-5-16-18(20)19(23-12-22-16)21-9-11-25-17-7-6-15(8-10-24-4)13(2)14(17)3/h6-7,12H,5,8-11H2,1-4H3,(H,21,22,23). The first-order chi connectivity index (χ1) is 12.1. The molecular weight excluding hydrogens is 338 g/mol. The van der Waals surface area contributed by atoms with E-state index >= 15 is 0 Å². The Morgan fingerprint density at radius 3 is 2.64 bits per heavy atom. The van der Waals surface area contributed by atoms with Crippen molar-refractivity contribution >= 4 is 17.4 Å². The Bertz CT molecular complexity index is 707. The van der Waals surface area contributed by atoms with Crippen molar-refractivity contribution in [2.24, 2.45) is 0 Å². The molecule has 25 heavy (non-hydrogen) atoms. The summed E-state index contributed by atoms with van der Waals surface area (Å²) in [6, 6.07) is 4.14. The second-order valence-corrected chi connectivity index (χ2v) is 6.21. The summed E-state index contributed by atoms with van der Waals surface area (Å²) >= 11 is 6.27. The number of hydrogen-bond acceptors (Lipinski definition) is 5. The maximum atomic E-state index is 6.27. The number of nitrogens with zero attached hydrogens (tertiary/aromatic N) is 2. The van der Waals surface area contributed by atoms with Crippen molar-refractivity contribution in [3.63, 3.8) is 0 Å². The molecule has 0 amide bonds. The summed E-state index contributed by atoms with van der Waals surface area (Å²) in [5.74, 6) is 1.56. The van der Waals surface area contributed by atoms with Gasteiger partial charge in [0.15, 0.2) is 0 Å². The van der Waals surface area contributed by atoms with Gasteiger partial charge in [-0.3, -0.25) is 0 Å². The number of nitrogens with one attached hydrogen (secondary N) is 1. The van der Waals surface area contributed by atoms with Crippen LogP contribution in [0.1, 0.15) is 29.3 Å². The van der Waals surface area contributed by atoms with Gasteiger partial charge in [-0.1, -0.05) is 24.6 Å². The number of anilines is 1. The first-order valence-corrected chi connectivity index (χ1v) is 8.90.